The van der Waals surface area contributed by atoms with Crippen molar-refractivity contribution < 1.29 is 15.0 Å². The predicted octanol–water partition coefficient (Wildman–Crippen LogP) is 3.22. The van der Waals surface area contributed by atoms with Gasteiger partial charge in [0.05, 0.1) is 6.61 Å². The molecular weight excluding hydrogens is 252 g/mol. The van der Waals surface area contributed by atoms with Gasteiger partial charge in [-0.15, -0.1) is 0 Å². The lowest BCUT2D eigenvalue weighted by Gasteiger charge is -2.39. The van der Waals surface area contributed by atoms with E-state index in [4.69, 9.17) is 0 Å². The van der Waals surface area contributed by atoms with E-state index in [1.54, 1.807) is 0 Å². The van der Waals surface area contributed by atoms with Crippen molar-refractivity contribution in [3.05, 3.63) is 0 Å². The lowest BCUT2D eigenvalue weighted by Crippen LogP contribution is -2.50. The summed E-state index contributed by atoms with van der Waals surface area (Å²) < 4.78 is 0. The number of aliphatic hydroxyl groups excluding tert-OH is 1. The van der Waals surface area contributed by atoms with Gasteiger partial charge >= 0.3 is 0 Å². The van der Waals surface area contributed by atoms with Gasteiger partial charge in [0.25, 0.3) is 0 Å². The van der Waals surface area contributed by atoms with Crippen LogP contribution in [0.25, 0.3) is 0 Å². The van der Waals surface area contributed by atoms with Gasteiger partial charge in [-0.25, -0.2) is 0 Å². The minimum absolute atomic E-state index is 0.0646. The second-order valence-corrected chi connectivity index (χ2v) is 6.81. The van der Waals surface area contributed by atoms with Gasteiger partial charge in [0, 0.05) is 5.92 Å². The summed E-state index contributed by atoms with van der Waals surface area (Å²) in [6.07, 6.45) is 12.3. The fraction of sp³-hybridized carbons (Fsp3) is 0.941. The Morgan fingerprint density at radius 3 is 2.10 bits per heavy atom. The van der Waals surface area contributed by atoms with Gasteiger partial charge in [-0.05, 0) is 31.6 Å². The van der Waals surface area contributed by atoms with Crippen LogP contribution in [0.2, 0.25) is 0 Å². The lowest BCUT2D eigenvalue weighted by molar-refractivity contribution is -0.153. The maximum Gasteiger partial charge on any atom is 0.169 e. The van der Waals surface area contributed by atoms with Crippen molar-refractivity contribution in [2.75, 3.05) is 6.61 Å². The summed E-state index contributed by atoms with van der Waals surface area (Å²) >= 11 is 0. The van der Waals surface area contributed by atoms with Crippen LogP contribution in [0.5, 0.6) is 0 Å². The summed E-state index contributed by atoms with van der Waals surface area (Å²) in [7, 11) is 0. The van der Waals surface area contributed by atoms with Crippen molar-refractivity contribution in [3.8, 4) is 0 Å². The summed E-state index contributed by atoms with van der Waals surface area (Å²) in [4.78, 5) is 12.7. The molecule has 0 spiro atoms. The fourth-order valence-corrected chi connectivity index (χ4v) is 4.08. The molecule has 3 heteroatoms. The summed E-state index contributed by atoms with van der Waals surface area (Å²) in [5, 5.41) is 20.6. The van der Waals surface area contributed by atoms with Crippen LogP contribution in [0.1, 0.15) is 77.0 Å². The van der Waals surface area contributed by atoms with Crippen molar-refractivity contribution in [1.29, 1.82) is 0 Å². The number of Topliss-reactive ketones (excluding diaryl/α,β-unsaturated/α-hetero) is 1. The molecule has 2 aliphatic carbocycles. The van der Waals surface area contributed by atoms with Crippen molar-refractivity contribution in [1.82, 2.24) is 0 Å². The largest absolute Gasteiger partial charge is 0.396 e. The highest BCUT2D eigenvalue weighted by atomic mass is 16.3. The third kappa shape index (κ3) is 3.62. The van der Waals surface area contributed by atoms with E-state index in [0.29, 0.717) is 6.42 Å². The third-order valence-electron chi connectivity index (χ3n) is 5.41. The van der Waals surface area contributed by atoms with E-state index < -0.39 is 5.60 Å². The highest BCUT2D eigenvalue weighted by Crippen LogP contribution is 2.38. The smallest absolute Gasteiger partial charge is 0.169 e. The van der Waals surface area contributed by atoms with Crippen LogP contribution in [-0.4, -0.2) is 28.2 Å². The quantitative estimate of drug-likeness (QED) is 0.817. The Balaban J connectivity index is 2.14. The molecule has 2 aliphatic rings. The van der Waals surface area contributed by atoms with Crippen molar-refractivity contribution in [2.24, 2.45) is 11.8 Å². The maximum atomic E-state index is 12.7. The molecule has 0 amide bonds. The molecule has 2 N–H and O–H groups in total. The summed E-state index contributed by atoms with van der Waals surface area (Å²) in [6.45, 7) is -0.103. The minimum Gasteiger partial charge on any atom is -0.396 e. The monoisotopic (exact) mass is 282 g/mol. The third-order valence-corrected chi connectivity index (χ3v) is 5.41. The molecule has 0 aliphatic heterocycles. The van der Waals surface area contributed by atoms with Crippen LogP contribution >= 0.6 is 0 Å². The molecular formula is C17H30O3. The van der Waals surface area contributed by atoms with E-state index >= 15 is 0 Å². The highest BCUT2D eigenvalue weighted by Gasteiger charge is 2.45. The molecule has 20 heavy (non-hydrogen) atoms. The van der Waals surface area contributed by atoms with E-state index in [9.17, 15) is 15.0 Å². The first-order chi connectivity index (χ1) is 9.68. The molecule has 0 aromatic heterocycles. The normalized spacial score (nSPS) is 34.9. The summed E-state index contributed by atoms with van der Waals surface area (Å²) in [5.41, 5.74) is -1.16. The number of aliphatic hydroxyl groups is 2. The van der Waals surface area contributed by atoms with E-state index in [1.165, 1.54) is 19.3 Å². The van der Waals surface area contributed by atoms with Gasteiger partial charge in [-0.1, -0.05) is 51.4 Å². The SMILES string of the molecule is O=C1C(CO)CCCCCC1(O)C1CCCCCCC1. The molecule has 0 aromatic carbocycles. The van der Waals surface area contributed by atoms with Crippen molar-refractivity contribution >= 4 is 5.78 Å². The van der Waals surface area contributed by atoms with E-state index in [-0.39, 0.29) is 24.2 Å². The molecule has 3 nitrogen and oxygen atoms in total. The molecule has 2 unspecified atom stereocenters. The van der Waals surface area contributed by atoms with Gasteiger partial charge in [0.2, 0.25) is 0 Å². The first-order valence-corrected chi connectivity index (χ1v) is 8.56. The molecule has 2 rings (SSSR count). The molecule has 0 radical (unpaired) electrons. The average molecular weight is 282 g/mol. The minimum atomic E-state index is -1.16. The molecule has 2 atom stereocenters. The Bertz CT molecular complexity index is 307. The summed E-state index contributed by atoms with van der Waals surface area (Å²) in [5.74, 6) is -0.293. The van der Waals surface area contributed by atoms with Crippen LogP contribution in [0.3, 0.4) is 0 Å². The van der Waals surface area contributed by atoms with Crippen molar-refractivity contribution in [3.63, 3.8) is 0 Å². The Morgan fingerprint density at radius 2 is 1.45 bits per heavy atom. The Kier molecular flexibility index (Phi) is 6.03. The van der Waals surface area contributed by atoms with Gasteiger partial charge in [0.1, 0.15) is 5.60 Å². The van der Waals surface area contributed by atoms with Gasteiger partial charge in [0.15, 0.2) is 5.78 Å². The zero-order valence-electron chi connectivity index (χ0n) is 12.6. The zero-order valence-corrected chi connectivity index (χ0v) is 12.6. The van der Waals surface area contributed by atoms with E-state index in [0.717, 1.165) is 51.4 Å². The van der Waals surface area contributed by atoms with Crippen molar-refractivity contribution in [2.45, 2.75) is 82.7 Å². The van der Waals surface area contributed by atoms with Crippen LogP contribution in [-0.2, 0) is 4.79 Å². The first-order valence-electron chi connectivity index (χ1n) is 8.56. The molecule has 0 heterocycles. The van der Waals surface area contributed by atoms with E-state index in [1.807, 2.05) is 0 Å². The number of carbonyl (C=O) groups is 1. The Hall–Kier alpha value is -0.410. The van der Waals surface area contributed by atoms with Gasteiger partial charge in [-0.2, -0.15) is 0 Å². The molecule has 2 fully saturated rings. The van der Waals surface area contributed by atoms with Crippen LogP contribution < -0.4 is 0 Å². The molecule has 2 saturated carbocycles. The second kappa shape index (κ2) is 7.56. The number of rotatable bonds is 2. The number of hydrogen-bond acceptors (Lipinski definition) is 3. The number of ketones is 1. The standard InChI is InChI=1S/C17H30O3/c18-13-14-9-5-4-8-12-17(20,16(14)19)15-10-6-2-1-3-7-11-15/h14-15,18,20H,1-13H2. The number of hydrogen-bond donors (Lipinski definition) is 2. The predicted molar refractivity (Wildman–Crippen MR) is 79.4 cm³/mol. The highest BCUT2D eigenvalue weighted by molar-refractivity contribution is 5.89. The van der Waals surface area contributed by atoms with E-state index in [2.05, 4.69) is 0 Å². The Labute approximate surface area is 122 Å². The van der Waals surface area contributed by atoms with Crippen LogP contribution in [0.15, 0.2) is 0 Å². The second-order valence-electron chi connectivity index (χ2n) is 6.81. The van der Waals surface area contributed by atoms with Gasteiger partial charge in [-0.3, -0.25) is 4.79 Å². The molecule has 116 valence electrons. The fourth-order valence-electron chi connectivity index (χ4n) is 4.08. The average Bonchev–Trinajstić information content (AvgIpc) is 2.40. The first kappa shape index (κ1) is 16.0. The lowest BCUT2D eigenvalue weighted by atomic mass is 9.69. The van der Waals surface area contributed by atoms with Crippen LogP contribution in [0.4, 0.5) is 0 Å². The number of carbonyl (C=O) groups excluding carboxylic acids is 1. The molecule has 0 saturated heterocycles. The summed E-state index contributed by atoms with van der Waals surface area (Å²) in [6, 6.07) is 0. The molecule has 0 bridgehead atoms. The topological polar surface area (TPSA) is 57.5 Å². The zero-order chi connectivity index (χ0) is 14.4. The van der Waals surface area contributed by atoms with Crippen LogP contribution in [0, 0.1) is 11.8 Å². The van der Waals surface area contributed by atoms with Gasteiger partial charge < -0.3 is 10.2 Å². The Morgan fingerprint density at radius 1 is 0.900 bits per heavy atom. The molecule has 0 aromatic rings. The maximum absolute atomic E-state index is 12.7.